The fourth-order valence-corrected chi connectivity index (χ4v) is 0.596. The Morgan fingerprint density at radius 2 is 1.36 bits per heavy atom. The van der Waals surface area contributed by atoms with Gasteiger partial charge in [0.1, 0.15) is 0 Å². The van der Waals surface area contributed by atoms with Crippen molar-refractivity contribution in [2.45, 2.75) is 0 Å². The molecule has 1 rings (SSSR count). The Kier molecular flexibility index (Phi) is 2.79. The van der Waals surface area contributed by atoms with Gasteiger partial charge in [-0.2, -0.15) is 0 Å². The molecule has 14 heavy (non-hydrogen) atoms. The third-order valence-electron chi connectivity index (χ3n) is 0.999. The Balaban J connectivity index is 2.68. The van der Waals surface area contributed by atoms with Crippen molar-refractivity contribution in [1.29, 1.82) is 0 Å². The molecule has 0 radical (unpaired) electrons. The summed E-state index contributed by atoms with van der Waals surface area (Å²) in [6.07, 6.45) is -3.07. The van der Waals surface area contributed by atoms with Gasteiger partial charge in [0.15, 0.2) is 0 Å². The Hall–Kier alpha value is -2.38. The Bertz CT molecular complexity index is 313. The number of carboxylic acid groups (broad SMARTS) is 2. The summed E-state index contributed by atoms with van der Waals surface area (Å²) in [5.74, 6) is -0.537. The van der Waals surface area contributed by atoms with Gasteiger partial charge in [-0.3, -0.25) is 0 Å². The monoisotopic (exact) mass is 200 g/mol. The van der Waals surface area contributed by atoms with E-state index < -0.39 is 12.3 Å². The standard InChI is InChI=1S/C6H4N2O6/c9-5(10)13-3-1-2-4(8-7-3)14-6(11)12/h1-2H,(H,9,10)(H,11,12). The fraction of sp³-hybridized carbons (Fsp3) is 0. The number of hydrogen-bond donors (Lipinski definition) is 2. The summed E-state index contributed by atoms with van der Waals surface area (Å²) in [5.41, 5.74) is 0. The van der Waals surface area contributed by atoms with E-state index in [-0.39, 0.29) is 11.8 Å². The first kappa shape index (κ1) is 9.71. The summed E-state index contributed by atoms with van der Waals surface area (Å²) < 4.78 is 8.23. The first-order valence-corrected chi connectivity index (χ1v) is 3.23. The van der Waals surface area contributed by atoms with Gasteiger partial charge in [-0.15, -0.1) is 10.2 Å². The third kappa shape index (κ3) is 2.93. The fourth-order valence-electron chi connectivity index (χ4n) is 0.596. The van der Waals surface area contributed by atoms with Gasteiger partial charge in [0, 0.05) is 12.1 Å². The minimum absolute atomic E-state index is 0.268. The summed E-state index contributed by atoms with van der Waals surface area (Å²) in [6.45, 7) is 0. The molecule has 1 aromatic rings. The third-order valence-corrected chi connectivity index (χ3v) is 0.999. The van der Waals surface area contributed by atoms with E-state index in [1.165, 1.54) is 0 Å². The number of hydrogen-bond acceptors (Lipinski definition) is 6. The molecule has 0 unspecified atom stereocenters. The van der Waals surface area contributed by atoms with E-state index in [2.05, 4.69) is 19.7 Å². The number of nitrogens with zero attached hydrogens (tertiary/aromatic N) is 2. The maximum absolute atomic E-state index is 10.0. The highest BCUT2D eigenvalue weighted by Crippen LogP contribution is 2.10. The second-order valence-electron chi connectivity index (χ2n) is 1.95. The zero-order valence-corrected chi connectivity index (χ0v) is 6.58. The summed E-state index contributed by atoms with van der Waals surface area (Å²) in [4.78, 5) is 20.0. The van der Waals surface area contributed by atoms with Crippen molar-refractivity contribution in [3.05, 3.63) is 12.1 Å². The SMILES string of the molecule is O=C(O)Oc1ccc(OC(=O)O)nn1. The average molecular weight is 200 g/mol. The number of aromatic nitrogens is 2. The summed E-state index contributed by atoms with van der Waals surface area (Å²) in [6, 6.07) is 2.22. The minimum atomic E-state index is -1.54. The topological polar surface area (TPSA) is 119 Å². The zero-order valence-electron chi connectivity index (χ0n) is 6.58. The molecule has 0 bridgehead atoms. The molecular weight excluding hydrogens is 196 g/mol. The van der Waals surface area contributed by atoms with Gasteiger partial charge < -0.3 is 19.7 Å². The van der Waals surface area contributed by atoms with E-state index >= 15 is 0 Å². The van der Waals surface area contributed by atoms with Crippen LogP contribution in [-0.2, 0) is 0 Å². The lowest BCUT2D eigenvalue weighted by Crippen LogP contribution is -2.07. The molecule has 0 aliphatic heterocycles. The maximum Gasteiger partial charge on any atom is 0.512 e. The summed E-state index contributed by atoms with van der Waals surface area (Å²) in [5, 5.41) is 22.8. The van der Waals surface area contributed by atoms with Gasteiger partial charge in [0.25, 0.3) is 0 Å². The van der Waals surface area contributed by atoms with Crippen LogP contribution in [0.3, 0.4) is 0 Å². The van der Waals surface area contributed by atoms with Crippen LogP contribution in [-0.4, -0.2) is 32.7 Å². The number of ether oxygens (including phenoxy) is 2. The molecule has 0 saturated heterocycles. The Morgan fingerprint density at radius 3 is 1.57 bits per heavy atom. The van der Waals surface area contributed by atoms with Gasteiger partial charge in [-0.1, -0.05) is 0 Å². The van der Waals surface area contributed by atoms with Crippen LogP contribution in [0.5, 0.6) is 11.8 Å². The first-order chi connectivity index (χ1) is 6.58. The van der Waals surface area contributed by atoms with Gasteiger partial charge in [0.2, 0.25) is 11.8 Å². The van der Waals surface area contributed by atoms with Crippen LogP contribution in [0, 0.1) is 0 Å². The zero-order chi connectivity index (χ0) is 10.6. The van der Waals surface area contributed by atoms with Crippen LogP contribution in [0.1, 0.15) is 0 Å². The quantitative estimate of drug-likeness (QED) is 0.665. The lowest BCUT2D eigenvalue weighted by molar-refractivity contribution is 0.137. The van der Waals surface area contributed by atoms with E-state index in [0.717, 1.165) is 12.1 Å². The molecule has 0 spiro atoms. The second kappa shape index (κ2) is 4.03. The molecule has 2 N–H and O–H groups in total. The van der Waals surface area contributed by atoms with E-state index in [1.807, 2.05) is 0 Å². The highest BCUT2D eigenvalue weighted by atomic mass is 16.7. The van der Waals surface area contributed by atoms with E-state index in [4.69, 9.17) is 10.2 Å². The van der Waals surface area contributed by atoms with Crippen molar-refractivity contribution in [3.63, 3.8) is 0 Å². The molecule has 74 valence electrons. The molecule has 1 aromatic heterocycles. The number of rotatable bonds is 2. The predicted molar refractivity (Wildman–Crippen MR) is 39.3 cm³/mol. The smallest absolute Gasteiger partial charge is 0.449 e. The molecule has 0 aliphatic rings. The van der Waals surface area contributed by atoms with Crippen LogP contribution < -0.4 is 9.47 Å². The Labute approximate surface area is 76.7 Å². The van der Waals surface area contributed by atoms with Crippen LogP contribution in [0.4, 0.5) is 9.59 Å². The van der Waals surface area contributed by atoms with Crippen molar-refractivity contribution in [3.8, 4) is 11.8 Å². The lowest BCUT2D eigenvalue weighted by atomic mass is 10.5. The maximum atomic E-state index is 10.0. The molecule has 0 fully saturated rings. The van der Waals surface area contributed by atoms with Crippen molar-refractivity contribution in [2.24, 2.45) is 0 Å². The molecule has 0 aliphatic carbocycles. The van der Waals surface area contributed by atoms with Crippen molar-refractivity contribution in [2.75, 3.05) is 0 Å². The van der Waals surface area contributed by atoms with Gasteiger partial charge in [-0.05, 0) is 0 Å². The van der Waals surface area contributed by atoms with Gasteiger partial charge in [-0.25, -0.2) is 9.59 Å². The molecular formula is C6H4N2O6. The van der Waals surface area contributed by atoms with Crippen LogP contribution in [0.2, 0.25) is 0 Å². The predicted octanol–water partition coefficient (Wildman–Crippen LogP) is 0.590. The minimum Gasteiger partial charge on any atom is -0.449 e. The van der Waals surface area contributed by atoms with Gasteiger partial charge in [0.05, 0.1) is 0 Å². The van der Waals surface area contributed by atoms with Crippen molar-refractivity contribution in [1.82, 2.24) is 10.2 Å². The Morgan fingerprint density at radius 1 is 1.00 bits per heavy atom. The molecule has 1 heterocycles. The molecule has 8 heteroatoms. The number of carbonyl (C=O) groups is 2. The first-order valence-electron chi connectivity index (χ1n) is 3.23. The van der Waals surface area contributed by atoms with E-state index in [1.54, 1.807) is 0 Å². The summed E-state index contributed by atoms with van der Waals surface area (Å²) >= 11 is 0. The van der Waals surface area contributed by atoms with E-state index in [0.29, 0.717) is 0 Å². The molecule has 0 amide bonds. The summed E-state index contributed by atoms with van der Waals surface area (Å²) in [7, 11) is 0. The molecule has 0 aromatic carbocycles. The molecule has 0 atom stereocenters. The van der Waals surface area contributed by atoms with Crippen molar-refractivity contribution >= 4 is 12.3 Å². The van der Waals surface area contributed by atoms with Gasteiger partial charge >= 0.3 is 12.3 Å². The second-order valence-corrected chi connectivity index (χ2v) is 1.95. The normalized spacial score (nSPS) is 9.14. The lowest BCUT2D eigenvalue weighted by Gasteiger charge is -1.98. The molecule has 0 saturated carbocycles. The van der Waals surface area contributed by atoms with Crippen molar-refractivity contribution < 1.29 is 29.3 Å². The highest BCUT2D eigenvalue weighted by molar-refractivity contribution is 5.61. The largest absolute Gasteiger partial charge is 0.512 e. The highest BCUT2D eigenvalue weighted by Gasteiger charge is 2.06. The van der Waals surface area contributed by atoms with Crippen LogP contribution in [0.15, 0.2) is 12.1 Å². The van der Waals surface area contributed by atoms with Crippen LogP contribution in [0.25, 0.3) is 0 Å². The van der Waals surface area contributed by atoms with Crippen LogP contribution >= 0.6 is 0 Å². The van der Waals surface area contributed by atoms with E-state index in [9.17, 15) is 9.59 Å². The average Bonchev–Trinajstić information content (AvgIpc) is 2.06. The molecule has 8 nitrogen and oxygen atoms in total.